The first-order valence-corrected chi connectivity index (χ1v) is 14.2. The van der Waals surface area contributed by atoms with Crippen LogP contribution in [-0.2, 0) is 16.1 Å². The van der Waals surface area contributed by atoms with Gasteiger partial charge in [-0.3, -0.25) is 14.3 Å². The van der Waals surface area contributed by atoms with Gasteiger partial charge in [-0.1, -0.05) is 0 Å². The molecule has 12 nitrogen and oxygen atoms in total. The predicted octanol–water partition coefficient (Wildman–Crippen LogP) is 2.07. The lowest BCUT2D eigenvalue weighted by molar-refractivity contribution is -0.163. The SMILES string of the molecule is CN1CCN(C(=O)Cn2cc(Nc3nc4c(N5C[C@H]6CC[C@@H](C5)[C@H]6N(C)C(=O)CC(F)(F)F)cccn4n3)cn2)CC1. The molecule has 1 aliphatic carbocycles. The standard InChI is InChI=1S/C27H35F3N10O2/c1-35-8-10-37(11-9-35)23(42)17-39-16-20(13-31-39)32-26-33-25-21(4-3-7-40(25)34-26)38-14-18-5-6-19(15-38)24(18)36(2)22(41)12-27(28,29)30/h3-4,7,13,16,18-19,24H,5-6,8-12,14-15,17H2,1-2H3,(H,32,34)/t18-,19+,24+. The van der Waals surface area contributed by atoms with E-state index in [4.69, 9.17) is 4.98 Å². The molecule has 42 heavy (non-hydrogen) atoms. The maximum absolute atomic E-state index is 12.9. The molecule has 0 aromatic carbocycles. The van der Waals surface area contributed by atoms with Crippen LogP contribution >= 0.6 is 0 Å². The summed E-state index contributed by atoms with van der Waals surface area (Å²) in [4.78, 5) is 37.3. The van der Waals surface area contributed by atoms with Gasteiger partial charge in [-0.15, -0.1) is 5.10 Å². The molecule has 1 N–H and O–H groups in total. The van der Waals surface area contributed by atoms with Crippen LogP contribution in [0.2, 0.25) is 0 Å². The van der Waals surface area contributed by atoms with Crippen LogP contribution in [0.4, 0.5) is 30.5 Å². The lowest BCUT2D eigenvalue weighted by Gasteiger charge is -2.43. The van der Waals surface area contributed by atoms with E-state index in [-0.39, 0.29) is 30.3 Å². The first kappa shape index (κ1) is 28.2. The van der Waals surface area contributed by atoms with Crippen molar-refractivity contribution in [3.63, 3.8) is 0 Å². The molecule has 3 aromatic heterocycles. The fourth-order valence-electron chi connectivity index (χ4n) is 6.62. The van der Waals surface area contributed by atoms with Crippen LogP contribution in [0.15, 0.2) is 30.7 Å². The van der Waals surface area contributed by atoms with Gasteiger partial charge in [0.25, 0.3) is 0 Å². The number of hydrogen-bond donors (Lipinski definition) is 1. The molecule has 2 bridgehead atoms. The molecule has 3 aliphatic rings. The Balaban J connectivity index is 1.12. The van der Waals surface area contributed by atoms with Crippen LogP contribution in [-0.4, -0.2) is 116 Å². The monoisotopic (exact) mass is 588 g/mol. The Labute approximate surface area is 241 Å². The molecular weight excluding hydrogens is 553 g/mol. The number of fused-ring (bicyclic) bond motifs is 3. The van der Waals surface area contributed by atoms with E-state index in [1.54, 1.807) is 27.8 Å². The van der Waals surface area contributed by atoms with E-state index < -0.39 is 18.5 Å². The van der Waals surface area contributed by atoms with Crippen molar-refractivity contribution >= 4 is 34.8 Å². The van der Waals surface area contributed by atoms with Crippen molar-refractivity contribution < 1.29 is 22.8 Å². The molecule has 2 saturated heterocycles. The predicted molar refractivity (Wildman–Crippen MR) is 148 cm³/mol. The zero-order chi connectivity index (χ0) is 29.6. The van der Waals surface area contributed by atoms with Crippen LogP contribution in [0.5, 0.6) is 0 Å². The third kappa shape index (κ3) is 5.87. The summed E-state index contributed by atoms with van der Waals surface area (Å²) in [7, 11) is 3.55. The Hall–Kier alpha value is -3.88. The number of rotatable bonds is 7. The number of nitrogens with one attached hydrogen (secondary N) is 1. The van der Waals surface area contributed by atoms with Crippen molar-refractivity contribution in [2.75, 3.05) is 63.6 Å². The summed E-state index contributed by atoms with van der Waals surface area (Å²) in [6, 6.07) is 3.65. The highest BCUT2D eigenvalue weighted by atomic mass is 19.4. The van der Waals surface area contributed by atoms with E-state index >= 15 is 0 Å². The lowest BCUT2D eigenvalue weighted by Crippen LogP contribution is -2.53. The molecule has 2 aliphatic heterocycles. The summed E-state index contributed by atoms with van der Waals surface area (Å²) in [6.07, 6.45) is 0.964. The Morgan fingerprint density at radius 3 is 2.52 bits per heavy atom. The zero-order valence-electron chi connectivity index (χ0n) is 23.7. The van der Waals surface area contributed by atoms with Crippen LogP contribution in [0.25, 0.3) is 5.65 Å². The molecule has 226 valence electrons. The normalized spacial score (nSPS) is 23.0. The summed E-state index contributed by atoms with van der Waals surface area (Å²) in [6.45, 7) is 4.53. The van der Waals surface area contributed by atoms with Gasteiger partial charge in [0.2, 0.25) is 17.8 Å². The van der Waals surface area contributed by atoms with Gasteiger partial charge in [-0.05, 0) is 43.9 Å². The second kappa shape index (κ2) is 11.1. The summed E-state index contributed by atoms with van der Waals surface area (Å²) in [5.41, 5.74) is 2.19. The van der Waals surface area contributed by atoms with Gasteiger partial charge in [0.1, 0.15) is 13.0 Å². The largest absolute Gasteiger partial charge is 0.397 e. The van der Waals surface area contributed by atoms with Crippen molar-refractivity contribution in [1.29, 1.82) is 0 Å². The molecular formula is C27H35F3N10O2. The second-order valence-electron chi connectivity index (χ2n) is 11.6. The topological polar surface area (TPSA) is 107 Å². The number of alkyl halides is 3. The van der Waals surface area contributed by atoms with Crippen LogP contribution in [0, 0.1) is 11.8 Å². The molecule has 0 spiro atoms. The van der Waals surface area contributed by atoms with Crippen LogP contribution in [0.1, 0.15) is 19.3 Å². The number of amides is 2. The van der Waals surface area contributed by atoms with E-state index in [0.717, 1.165) is 31.6 Å². The first-order valence-electron chi connectivity index (χ1n) is 14.2. The number of aromatic nitrogens is 5. The average Bonchev–Trinajstić information content (AvgIpc) is 3.62. The number of anilines is 3. The highest BCUT2D eigenvalue weighted by molar-refractivity contribution is 5.77. The van der Waals surface area contributed by atoms with Gasteiger partial charge >= 0.3 is 6.18 Å². The molecule has 3 atom stereocenters. The van der Waals surface area contributed by atoms with Crippen LogP contribution in [0.3, 0.4) is 0 Å². The lowest BCUT2D eigenvalue weighted by atomic mass is 9.90. The van der Waals surface area contributed by atoms with Crippen molar-refractivity contribution in [1.82, 2.24) is 39.1 Å². The Kier molecular flexibility index (Phi) is 7.45. The second-order valence-corrected chi connectivity index (χ2v) is 11.6. The third-order valence-corrected chi connectivity index (χ3v) is 8.70. The van der Waals surface area contributed by atoms with E-state index in [0.29, 0.717) is 43.5 Å². The summed E-state index contributed by atoms with van der Waals surface area (Å²) < 4.78 is 41.8. The number of piperazine rings is 1. The van der Waals surface area contributed by atoms with E-state index in [2.05, 4.69) is 25.3 Å². The molecule has 6 rings (SSSR count). The fourth-order valence-corrected chi connectivity index (χ4v) is 6.62. The van der Waals surface area contributed by atoms with E-state index in [9.17, 15) is 22.8 Å². The maximum atomic E-state index is 12.9. The first-order chi connectivity index (χ1) is 20.0. The number of likely N-dealkylation sites (N-methyl/N-ethyl adjacent to an activating group) is 1. The van der Waals surface area contributed by atoms with Gasteiger partial charge in [-0.25, -0.2) is 4.52 Å². The Bertz CT molecular complexity index is 1430. The number of hydrogen-bond acceptors (Lipinski definition) is 8. The minimum atomic E-state index is -4.51. The summed E-state index contributed by atoms with van der Waals surface area (Å²) in [5, 5.41) is 12.1. The van der Waals surface area contributed by atoms with Crippen molar-refractivity contribution in [3.8, 4) is 0 Å². The van der Waals surface area contributed by atoms with Crippen molar-refractivity contribution in [2.24, 2.45) is 11.8 Å². The fraction of sp³-hybridized carbons (Fsp3) is 0.593. The van der Waals surface area contributed by atoms with Crippen molar-refractivity contribution in [3.05, 3.63) is 30.7 Å². The van der Waals surface area contributed by atoms with Crippen LogP contribution < -0.4 is 10.2 Å². The molecule has 15 heteroatoms. The summed E-state index contributed by atoms with van der Waals surface area (Å²) >= 11 is 0. The summed E-state index contributed by atoms with van der Waals surface area (Å²) in [5.74, 6) is -0.318. The third-order valence-electron chi connectivity index (χ3n) is 8.70. The molecule has 3 fully saturated rings. The number of nitrogens with zero attached hydrogens (tertiary/aromatic N) is 9. The molecule has 2 amide bonds. The van der Waals surface area contributed by atoms with Gasteiger partial charge in [0.05, 0.1) is 17.6 Å². The molecule has 3 aromatic rings. The minimum Gasteiger partial charge on any atom is -0.368 e. The molecule has 0 radical (unpaired) electrons. The van der Waals surface area contributed by atoms with E-state index in [1.165, 1.54) is 11.9 Å². The quantitative estimate of drug-likeness (QED) is 0.447. The molecule has 5 heterocycles. The van der Waals surface area contributed by atoms with Gasteiger partial charge in [0, 0.05) is 64.8 Å². The smallest absolute Gasteiger partial charge is 0.368 e. The molecule has 0 unspecified atom stereocenters. The van der Waals surface area contributed by atoms with Gasteiger partial charge in [-0.2, -0.15) is 23.3 Å². The highest BCUT2D eigenvalue weighted by Crippen LogP contribution is 2.42. The number of carbonyl (C=O) groups is 2. The number of pyridine rings is 1. The Morgan fingerprint density at radius 1 is 1.12 bits per heavy atom. The average molecular weight is 589 g/mol. The Morgan fingerprint density at radius 2 is 1.83 bits per heavy atom. The molecule has 1 saturated carbocycles. The maximum Gasteiger partial charge on any atom is 0.397 e. The van der Waals surface area contributed by atoms with Gasteiger partial charge < -0.3 is 24.9 Å². The highest BCUT2D eigenvalue weighted by Gasteiger charge is 2.47. The number of piperidine rings is 1. The zero-order valence-corrected chi connectivity index (χ0v) is 23.7. The van der Waals surface area contributed by atoms with Crippen molar-refractivity contribution in [2.45, 2.75) is 38.0 Å². The van der Waals surface area contributed by atoms with Gasteiger partial charge in [0.15, 0.2) is 5.65 Å². The minimum absolute atomic E-state index is 0.0295. The van der Waals surface area contributed by atoms with E-state index in [1.807, 2.05) is 24.1 Å². The number of halogens is 3. The number of carbonyl (C=O) groups excluding carboxylic acids is 2.